The number of hydrogen-bond acceptors (Lipinski definition) is 4. The van der Waals surface area contributed by atoms with Crippen LogP contribution in [-0.4, -0.2) is 16.6 Å². The molecule has 0 amide bonds. The van der Waals surface area contributed by atoms with Crippen LogP contribution in [0.3, 0.4) is 0 Å². The van der Waals surface area contributed by atoms with Gasteiger partial charge in [0.15, 0.2) is 0 Å². The van der Waals surface area contributed by atoms with Gasteiger partial charge in [0.25, 0.3) is 0 Å². The van der Waals surface area contributed by atoms with E-state index in [-0.39, 0.29) is 6.04 Å². The standard InChI is InChI=1S/C12H15N3S/c1-8-4-5-9(2)10(6-8)12(13-3)11-7-16-15-14-11/h4-7,12-13H,1-3H3. The van der Waals surface area contributed by atoms with Gasteiger partial charge in [-0.2, -0.15) is 0 Å². The van der Waals surface area contributed by atoms with E-state index in [2.05, 4.69) is 47.0 Å². The lowest BCUT2D eigenvalue weighted by Gasteiger charge is -2.17. The highest BCUT2D eigenvalue weighted by Crippen LogP contribution is 2.24. The number of aryl methyl sites for hydroxylation is 2. The van der Waals surface area contributed by atoms with E-state index in [1.54, 1.807) is 0 Å². The molecule has 0 saturated carbocycles. The number of hydrogen-bond donors (Lipinski definition) is 1. The maximum atomic E-state index is 4.14. The molecule has 1 atom stereocenters. The maximum Gasteiger partial charge on any atom is 0.0970 e. The predicted molar refractivity (Wildman–Crippen MR) is 66.7 cm³/mol. The zero-order valence-electron chi connectivity index (χ0n) is 9.69. The van der Waals surface area contributed by atoms with Crippen LogP contribution in [0.4, 0.5) is 0 Å². The summed E-state index contributed by atoms with van der Waals surface area (Å²) in [7, 11) is 1.95. The van der Waals surface area contributed by atoms with Crippen LogP contribution in [0.5, 0.6) is 0 Å². The van der Waals surface area contributed by atoms with Crippen LogP contribution in [0.15, 0.2) is 23.6 Å². The van der Waals surface area contributed by atoms with Gasteiger partial charge in [-0.3, -0.25) is 0 Å². The Bertz CT molecular complexity index is 465. The quantitative estimate of drug-likeness (QED) is 0.885. The van der Waals surface area contributed by atoms with E-state index in [4.69, 9.17) is 0 Å². The molecule has 0 bridgehead atoms. The fraction of sp³-hybridized carbons (Fsp3) is 0.333. The normalized spacial score (nSPS) is 12.7. The Labute approximate surface area is 99.7 Å². The minimum atomic E-state index is 0.138. The summed E-state index contributed by atoms with van der Waals surface area (Å²) in [5, 5.41) is 9.42. The Balaban J connectivity index is 2.44. The number of benzene rings is 1. The lowest BCUT2D eigenvalue weighted by molar-refractivity contribution is 0.663. The molecule has 0 saturated heterocycles. The van der Waals surface area contributed by atoms with Crippen molar-refractivity contribution < 1.29 is 0 Å². The summed E-state index contributed by atoms with van der Waals surface area (Å²) in [4.78, 5) is 0. The third-order valence-corrected chi connectivity index (χ3v) is 3.23. The molecular formula is C12H15N3S. The van der Waals surface area contributed by atoms with Gasteiger partial charge in [0, 0.05) is 5.38 Å². The Morgan fingerprint density at radius 1 is 1.31 bits per heavy atom. The smallest absolute Gasteiger partial charge is 0.0970 e. The molecule has 1 aromatic carbocycles. The van der Waals surface area contributed by atoms with E-state index in [1.807, 2.05) is 12.4 Å². The van der Waals surface area contributed by atoms with Gasteiger partial charge in [0.2, 0.25) is 0 Å². The van der Waals surface area contributed by atoms with Crippen molar-refractivity contribution in [3.05, 3.63) is 46.0 Å². The molecule has 0 fully saturated rings. The Morgan fingerprint density at radius 3 is 2.75 bits per heavy atom. The molecule has 1 N–H and O–H groups in total. The molecule has 4 heteroatoms. The van der Waals surface area contributed by atoms with Crippen LogP contribution < -0.4 is 5.32 Å². The topological polar surface area (TPSA) is 37.8 Å². The predicted octanol–water partition coefficient (Wildman–Crippen LogP) is 2.46. The highest BCUT2D eigenvalue weighted by atomic mass is 32.1. The molecule has 16 heavy (non-hydrogen) atoms. The number of nitrogens with zero attached hydrogens (tertiary/aromatic N) is 2. The number of aromatic nitrogens is 2. The zero-order valence-corrected chi connectivity index (χ0v) is 10.5. The van der Waals surface area contributed by atoms with E-state index >= 15 is 0 Å². The molecule has 1 heterocycles. The summed E-state index contributed by atoms with van der Waals surface area (Å²) in [6, 6.07) is 6.62. The van der Waals surface area contributed by atoms with Gasteiger partial charge < -0.3 is 5.32 Å². The molecule has 2 aromatic rings. The van der Waals surface area contributed by atoms with Gasteiger partial charge in [0.1, 0.15) is 0 Å². The largest absolute Gasteiger partial charge is 0.308 e. The molecular weight excluding hydrogens is 218 g/mol. The average Bonchev–Trinajstić information content (AvgIpc) is 2.78. The molecule has 0 aliphatic heterocycles. The van der Waals surface area contributed by atoms with E-state index < -0.39 is 0 Å². The van der Waals surface area contributed by atoms with Crippen molar-refractivity contribution in [3.63, 3.8) is 0 Å². The summed E-state index contributed by atoms with van der Waals surface area (Å²) >= 11 is 1.39. The Morgan fingerprint density at radius 2 is 2.12 bits per heavy atom. The first-order valence-electron chi connectivity index (χ1n) is 5.23. The molecule has 1 unspecified atom stereocenters. The van der Waals surface area contributed by atoms with Gasteiger partial charge in [-0.15, -0.1) is 5.10 Å². The van der Waals surface area contributed by atoms with Crippen molar-refractivity contribution in [2.75, 3.05) is 7.05 Å². The molecule has 0 spiro atoms. The van der Waals surface area contributed by atoms with Crippen LogP contribution in [0.2, 0.25) is 0 Å². The first kappa shape index (κ1) is 11.2. The number of rotatable bonds is 3. The van der Waals surface area contributed by atoms with E-state index in [0.717, 1.165) is 5.69 Å². The van der Waals surface area contributed by atoms with Crippen LogP contribution >= 0.6 is 11.5 Å². The Kier molecular flexibility index (Phi) is 3.31. The molecule has 0 radical (unpaired) electrons. The lowest BCUT2D eigenvalue weighted by Crippen LogP contribution is -2.19. The van der Waals surface area contributed by atoms with Gasteiger partial charge in [-0.25, -0.2) is 0 Å². The summed E-state index contributed by atoms with van der Waals surface area (Å²) in [5.41, 5.74) is 4.80. The third kappa shape index (κ3) is 2.13. The van der Waals surface area contributed by atoms with Crippen molar-refractivity contribution in [3.8, 4) is 0 Å². The zero-order chi connectivity index (χ0) is 11.5. The van der Waals surface area contributed by atoms with Crippen molar-refractivity contribution >= 4 is 11.5 Å². The first-order valence-corrected chi connectivity index (χ1v) is 6.07. The monoisotopic (exact) mass is 233 g/mol. The van der Waals surface area contributed by atoms with Crippen LogP contribution in [0.1, 0.15) is 28.4 Å². The van der Waals surface area contributed by atoms with Crippen LogP contribution in [-0.2, 0) is 0 Å². The molecule has 84 valence electrons. The summed E-state index contributed by atoms with van der Waals surface area (Å²) in [5.74, 6) is 0. The summed E-state index contributed by atoms with van der Waals surface area (Å²) in [6.07, 6.45) is 0. The van der Waals surface area contributed by atoms with Gasteiger partial charge >= 0.3 is 0 Å². The van der Waals surface area contributed by atoms with Crippen molar-refractivity contribution in [2.24, 2.45) is 0 Å². The molecule has 0 aliphatic carbocycles. The minimum absolute atomic E-state index is 0.138. The highest BCUT2D eigenvalue weighted by molar-refractivity contribution is 7.03. The second-order valence-electron chi connectivity index (χ2n) is 3.91. The molecule has 0 aliphatic rings. The SMILES string of the molecule is CNC(c1csnn1)c1cc(C)ccc1C. The molecule has 2 rings (SSSR count). The van der Waals surface area contributed by atoms with E-state index in [9.17, 15) is 0 Å². The van der Waals surface area contributed by atoms with Crippen LogP contribution in [0.25, 0.3) is 0 Å². The average molecular weight is 233 g/mol. The first-order chi connectivity index (χ1) is 7.72. The molecule has 3 nitrogen and oxygen atoms in total. The summed E-state index contributed by atoms with van der Waals surface area (Å²) in [6.45, 7) is 4.23. The molecule has 1 aromatic heterocycles. The Hall–Kier alpha value is -1.26. The van der Waals surface area contributed by atoms with Crippen LogP contribution in [0, 0.1) is 13.8 Å². The maximum absolute atomic E-state index is 4.14. The second-order valence-corrected chi connectivity index (χ2v) is 4.52. The lowest BCUT2D eigenvalue weighted by atomic mass is 9.97. The van der Waals surface area contributed by atoms with E-state index in [0.29, 0.717) is 0 Å². The van der Waals surface area contributed by atoms with E-state index in [1.165, 1.54) is 28.2 Å². The summed E-state index contributed by atoms with van der Waals surface area (Å²) < 4.78 is 3.92. The highest BCUT2D eigenvalue weighted by Gasteiger charge is 2.16. The van der Waals surface area contributed by atoms with Gasteiger partial charge in [0.05, 0.1) is 11.7 Å². The minimum Gasteiger partial charge on any atom is -0.308 e. The van der Waals surface area contributed by atoms with Gasteiger partial charge in [-0.05, 0) is 43.6 Å². The fourth-order valence-corrected chi connectivity index (χ4v) is 2.31. The van der Waals surface area contributed by atoms with Crippen molar-refractivity contribution in [1.29, 1.82) is 0 Å². The third-order valence-electron chi connectivity index (χ3n) is 2.71. The van der Waals surface area contributed by atoms with Crippen molar-refractivity contribution in [1.82, 2.24) is 14.9 Å². The fourth-order valence-electron chi connectivity index (χ4n) is 1.83. The second kappa shape index (κ2) is 4.72. The van der Waals surface area contributed by atoms with Crippen molar-refractivity contribution in [2.45, 2.75) is 19.9 Å². The van der Waals surface area contributed by atoms with Gasteiger partial charge in [-0.1, -0.05) is 28.3 Å². The number of nitrogens with one attached hydrogen (secondary N) is 1.